The summed E-state index contributed by atoms with van der Waals surface area (Å²) in [6.45, 7) is 2.05. The van der Waals surface area contributed by atoms with Crippen LogP contribution in [0.5, 0.6) is 0 Å². The summed E-state index contributed by atoms with van der Waals surface area (Å²) in [6, 6.07) is 13.9. The molecule has 0 aliphatic heterocycles. The number of hydrogen-bond donors (Lipinski definition) is 2. The Hall–Kier alpha value is -2.18. The van der Waals surface area contributed by atoms with E-state index in [1.165, 1.54) is 19.2 Å². The highest BCUT2D eigenvalue weighted by Crippen LogP contribution is 2.15. The van der Waals surface area contributed by atoms with Gasteiger partial charge < -0.3 is 5.32 Å². The highest BCUT2D eigenvalue weighted by Gasteiger charge is 2.11. The van der Waals surface area contributed by atoms with E-state index in [1.807, 2.05) is 24.3 Å². The van der Waals surface area contributed by atoms with Crippen molar-refractivity contribution in [2.24, 2.45) is 0 Å². The Kier molecular flexibility index (Phi) is 5.52. The van der Waals surface area contributed by atoms with E-state index in [0.29, 0.717) is 12.1 Å². The first-order valence-corrected chi connectivity index (χ1v) is 8.85. The van der Waals surface area contributed by atoms with Gasteiger partial charge in [0.1, 0.15) is 0 Å². The van der Waals surface area contributed by atoms with Gasteiger partial charge in [-0.15, -0.1) is 0 Å². The molecule has 0 atom stereocenters. The van der Waals surface area contributed by atoms with Crippen LogP contribution in [0.25, 0.3) is 0 Å². The highest BCUT2D eigenvalue weighted by atomic mass is 32.2. The van der Waals surface area contributed by atoms with Gasteiger partial charge in [-0.1, -0.05) is 31.2 Å². The van der Waals surface area contributed by atoms with Crippen molar-refractivity contribution in [2.75, 3.05) is 12.4 Å². The van der Waals surface area contributed by atoms with Crippen LogP contribution in [0.4, 0.5) is 5.69 Å². The monoisotopic (exact) mass is 332 g/mol. The first kappa shape index (κ1) is 17.2. The molecule has 2 rings (SSSR count). The SMILES string of the molecule is CCc1ccccc1CC(=O)Nc1ccc(S(=O)(=O)NC)cc1. The summed E-state index contributed by atoms with van der Waals surface area (Å²) >= 11 is 0. The van der Waals surface area contributed by atoms with Gasteiger partial charge >= 0.3 is 0 Å². The van der Waals surface area contributed by atoms with Crippen LogP contribution >= 0.6 is 0 Å². The van der Waals surface area contributed by atoms with Crippen LogP contribution in [0.15, 0.2) is 53.4 Å². The molecule has 1 amide bonds. The second kappa shape index (κ2) is 7.39. The zero-order chi connectivity index (χ0) is 16.9. The molecule has 2 aromatic rings. The molecule has 2 N–H and O–H groups in total. The van der Waals surface area contributed by atoms with Gasteiger partial charge in [0, 0.05) is 5.69 Å². The molecule has 0 saturated heterocycles. The Bertz CT molecular complexity index is 784. The largest absolute Gasteiger partial charge is 0.326 e. The number of nitrogens with one attached hydrogen (secondary N) is 2. The average Bonchev–Trinajstić information content (AvgIpc) is 2.55. The third kappa shape index (κ3) is 4.40. The molecule has 0 unspecified atom stereocenters. The van der Waals surface area contributed by atoms with Crippen LogP contribution in [0.2, 0.25) is 0 Å². The van der Waals surface area contributed by atoms with Crippen molar-refractivity contribution in [2.45, 2.75) is 24.7 Å². The van der Waals surface area contributed by atoms with E-state index < -0.39 is 10.0 Å². The summed E-state index contributed by atoms with van der Waals surface area (Å²) in [5.74, 6) is -0.130. The van der Waals surface area contributed by atoms with E-state index in [0.717, 1.165) is 17.5 Å². The predicted molar refractivity (Wildman–Crippen MR) is 90.8 cm³/mol. The number of rotatable bonds is 6. The Balaban J connectivity index is 2.06. The maximum absolute atomic E-state index is 12.1. The maximum atomic E-state index is 12.1. The predicted octanol–water partition coefficient (Wildman–Crippen LogP) is 2.34. The zero-order valence-corrected chi connectivity index (χ0v) is 14.0. The Morgan fingerprint density at radius 2 is 1.61 bits per heavy atom. The molecule has 0 aromatic heterocycles. The van der Waals surface area contributed by atoms with Gasteiger partial charge in [-0.3, -0.25) is 4.79 Å². The van der Waals surface area contributed by atoms with Gasteiger partial charge in [0.05, 0.1) is 11.3 Å². The number of anilines is 1. The van der Waals surface area contributed by atoms with Crippen LogP contribution in [-0.2, 0) is 27.7 Å². The molecule has 0 spiro atoms. The van der Waals surface area contributed by atoms with Gasteiger partial charge in [-0.05, 0) is 48.9 Å². The maximum Gasteiger partial charge on any atom is 0.240 e. The first-order chi connectivity index (χ1) is 11.0. The molecule has 5 nitrogen and oxygen atoms in total. The van der Waals surface area contributed by atoms with Gasteiger partial charge in [0.2, 0.25) is 15.9 Å². The van der Waals surface area contributed by atoms with Crippen LogP contribution in [0.3, 0.4) is 0 Å². The Morgan fingerprint density at radius 1 is 1.00 bits per heavy atom. The summed E-state index contributed by atoms with van der Waals surface area (Å²) in [5, 5.41) is 2.78. The van der Waals surface area contributed by atoms with Crippen molar-refractivity contribution in [3.63, 3.8) is 0 Å². The highest BCUT2D eigenvalue weighted by molar-refractivity contribution is 7.89. The summed E-state index contributed by atoms with van der Waals surface area (Å²) in [7, 11) is -2.11. The van der Waals surface area contributed by atoms with E-state index in [4.69, 9.17) is 0 Å². The molecule has 23 heavy (non-hydrogen) atoms. The quantitative estimate of drug-likeness (QED) is 0.852. The minimum Gasteiger partial charge on any atom is -0.326 e. The van der Waals surface area contributed by atoms with Gasteiger partial charge in [-0.2, -0.15) is 0 Å². The van der Waals surface area contributed by atoms with E-state index in [1.54, 1.807) is 12.1 Å². The molecular formula is C17H20N2O3S. The summed E-state index contributed by atoms with van der Waals surface area (Å²) in [4.78, 5) is 12.3. The van der Waals surface area contributed by atoms with Gasteiger partial charge in [-0.25, -0.2) is 13.1 Å². The molecule has 0 fully saturated rings. The van der Waals surface area contributed by atoms with Crippen LogP contribution in [0.1, 0.15) is 18.1 Å². The molecular weight excluding hydrogens is 312 g/mol. The lowest BCUT2D eigenvalue weighted by Crippen LogP contribution is -2.19. The third-order valence-electron chi connectivity index (χ3n) is 3.57. The number of amides is 1. The van der Waals surface area contributed by atoms with E-state index in [2.05, 4.69) is 17.0 Å². The van der Waals surface area contributed by atoms with Crippen LogP contribution in [-0.4, -0.2) is 21.4 Å². The Labute approximate surface area is 136 Å². The molecule has 0 saturated carbocycles. The number of carbonyl (C=O) groups excluding carboxylic acids is 1. The number of sulfonamides is 1. The molecule has 2 aromatic carbocycles. The third-order valence-corrected chi connectivity index (χ3v) is 5.00. The summed E-state index contributed by atoms with van der Waals surface area (Å²) in [5.41, 5.74) is 2.72. The van der Waals surface area contributed by atoms with Gasteiger partial charge in [0.25, 0.3) is 0 Å². The average molecular weight is 332 g/mol. The normalized spacial score (nSPS) is 11.2. The fourth-order valence-electron chi connectivity index (χ4n) is 2.29. The fourth-order valence-corrected chi connectivity index (χ4v) is 3.02. The van der Waals surface area contributed by atoms with Crippen molar-refractivity contribution in [1.82, 2.24) is 4.72 Å². The number of hydrogen-bond acceptors (Lipinski definition) is 3. The second-order valence-electron chi connectivity index (χ2n) is 5.08. The molecule has 0 bridgehead atoms. The van der Waals surface area contributed by atoms with E-state index in [9.17, 15) is 13.2 Å². The molecule has 0 radical (unpaired) electrons. The smallest absolute Gasteiger partial charge is 0.240 e. The van der Waals surface area contributed by atoms with E-state index in [-0.39, 0.29) is 10.8 Å². The number of carbonyl (C=O) groups is 1. The van der Waals surface area contributed by atoms with Crippen molar-refractivity contribution in [3.8, 4) is 0 Å². The lowest BCUT2D eigenvalue weighted by atomic mass is 10.0. The molecule has 6 heteroatoms. The lowest BCUT2D eigenvalue weighted by Gasteiger charge is -2.09. The standard InChI is InChI=1S/C17H20N2O3S/c1-3-13-6-4-5-7-14(13)12-17(20)19-15-8-10-16(11-9-15)23(21,22)18-2/h4-11,18H,3,12H2,1-2H3,(H,19,20). The topological polar surface area (TPSA) is 75.3 Å². The van der Waals surface area contributed by atoms with Crippen LogP contribution < -0.4 is 10.0 Å². The summed E-state index contributed by atoms with van der Waals surface area (Å²) in [6.07, 6.45) is 1.17. The van der Waals surface area contributed by atoms with Crippen molar-refractivity contribution >= 4 is 21.6 Å². The van der Waals surface area contributed by atoms with Crippen molar-refractivity contribution in [3.05, 3.63) is 59.7 Å². The number of aryl methyl sites for hydroxylation is 1. The second-order valence-corrected chi connectivity index (χ2v) is 6.97. The van der Waals surface area contributed by atoms with Gasteiger partial charge in [0.15, 0.2) is 0 Å². The molecule has 0 aliphatic carbocycles. The first-order valence-electron chi connectivity index (χ1n) is 7.36. The van der Waals surface area contributed by atoms with E-state index >= 15 is 0 Å². The summed E-state index contributed by atoms with van der Waals surface area (Å²) < 4.78 is 25.5. The number of benzene rings is 2. The Morgan fingerprint density at radius 3 is 2.17 bits per heavy atom. The minimum absolute atomic E-state index is 0.130. The molecule has 0 aliphatic rings. The zero-order valence-electron chi connectivity index (χ0n) is 13.2. The van der Waals surface area contributed by atoms with Crippen molar-refractivity contribution < 1.29 is 13.2 Å². The molecule has 0 heterocycles. The molecule has 122 valence electrons. The fraction of sp³-hybridized carbons (Fsp3) is 0.235. The van der Waals surface area contributed by atoms with Crippen molar-refractivity contribution in [1.29, 1.82) is 0 Å². The van der Waals surface area contributed by atoms with Crippen LogP contribution in [0, 0.1) is 0 Å². The minimum atomic E-state index is -3.46. The lowest BCUT2D eigenvalue weighted by molar-refractivity contribution is -0.115.